The van der Waals surface area contributed by atoms with Crippen molar-refractivity contribution >= 4 is 23.2 Å². The molecule has 15 heteroatoms. The Morgan fingerprint density at radius 3 is 2.74 bits per heavy atom. The molecule has 10 nitrogen and oxygen atoms in total. The quantitative estimate of drug-likeness (QED) is 0.409. The molecule has 2 amide bonds. The first kappa shape index (κ1) is 25.0. The lowest BCUT2D eigenvalue weighted by atomic mass is 10.2. The highest BCUT2D eigenvalue weighted by Gasteiger charge is 2.31. The van der Waals surface area contributed by atoms with Crippen LogP contribution in [-0.2, 0) is 19.5 Å². The number of carbonyl (C=O) groups excluding carboxylic acids is 2. The van der Waals surface area contributed by atoms with Gasteiger partial charge < -0.3 is 15.4 Å². The van der Waals surface area contributed by atoms with E-state index < -0.39 is 30.1 Å². The van der Waals surface area contributed by atoms with Crippen molar-refractivity contribution in [3.63, 3.8) is 0 Å². The van der Waals surface area contributed by atoms with Gasteiger partial charge in [-0.05, 0) is 24.1 Å². The normalized spacial score (nSPS) is 12.3. The Bertz CT molecular complexity index is 1140. The van der Waals surface area contributed by atoms with Gasteiger partial charge in [-0.2, -0.15) is 0 Å². The van der Waals surface area contributed by atoms with E-state index in [1.807, 2.05) is 0 Å². The first-order valence-electron chi connectivity index (χ1n) is 9.84. The molecule has 0 radical (unpaired) electrons. The maximum absolute atomic E-state index is 14.3. The van der Waals surface area contributed by atoms with E-state index >= 15 is 0 Å². The largest absolute Gasteiger partial charge is 0.573 e. The lowest BCUT2D eigenvalue weighted by Crippen LogP contribution is -2.23. The molecule has 3 aromatic rings. The van der Waals surface area contributed by atoms with Gasteiger partial charge >= 0.3 is 6.36 Å². The highest BCUT2D eigenvalue weighted by molar-refractivity contribution is 7.13. The van der Waals surface area contributed by atoms with Gasteiger partial charge in [0.1, 0.15) is 16.9 Å². The minimum atomic E-state index is -4.81. The number of nitrogens with one attached hydrogen (secondary N) is 2. The molecule has 1 atom stereocenters. The Kier molecular flexibility index (Phi) is 8.09. The minimum Gasteiger partial charge on any atom is -0.406 e. The first-order chi connectivity index (χ1) is 16.1. The molecule has 3 rings (SSSR count). The molecule has 2 heterocycles. The monoisotopic (exact) mass is 501 g/mol. The summed E-state index contributed by atoms with van der Waals surface area (Å²) in [5, 5.41) is 20.4. The van der Waals surface area contributed by atoms with Crippen LogP contribution in [0.25, 0.3) is 0 Å². The van der Waals surface area contributed by atoms with Crippen molar-refractivity contribution in [3.05, 3.63) is 51.7 Å². The fourth-order valence-electron chi connectivity index (χ4n) is 2.75. The van der Waals surface area contributed by atoms with Crippen LogP contribution in [-0.4, -0.2) is 56.6 Å². The molecular formula is C19H19F4N7O3S. The molecule has 0 aliphatic rings. The number of carbonyl (C=O) groups is 2. The number of benzene rings is 1. The van der Waals surface area contributed by atoms with Gasteiger partial charge in [-0.15, -0.1) is 28.5 Å². The van der Waals surface area contributed by atoms with Crippen LogP contribution in [0.5, 0.6) is 5.75 Å². The summed E-state index contributed by atoms with van der Waals surface area (Å²) in [5.41, 5.74) is 0.474. The summed E-state index contributed by atoms with van der Waals surface area (Å²) in [6.07, 6.45) is -4.47. The molecule has 2 aromatic heterocycles. The number of rotatable bonds is 10. The third-order valence-corrected chi connectivity index (χ3v) is 5.28. The summed E-state index contributed by atoms with van der Waals surface area (Å²) in [6, 6.07) is 5.21. The number of halogens is 4. The van der Waals surface area contributed by atoms with E-state index in [1.54, 1.807) is 0 Å². The molecule has 34 heavy (non-hydrogen) atoms. The second-order valence-corrected chi connectivity index (χ2v) is 7.98. The molecule has 0 saturated heterocycles. The molecular weight excluding hydrogens is 482 g/mol. The van der Waals surface area contributed by atoms with Gasteiger partial charge in [0, 0.05) is 20.0 Å². The van der Waals surface area contributed by atoms with Crippen LogP contribution >= 0.6 is 11.3 Å². The van der Waals surface area contributed by atoms with Crippen LogP contribution in [0.2, 0.25) is 0 Å². The zero-order valence-corrected chi connectivity index (χ0v) is 18.5. The summed E-state index contributed by atoms with van der Waals surface area (Å²) < 4.78 is 56.3. The number of aromatic nitrogens is 5. The third-order valence-electron chi connectivity index (χ3n) is 4.30. The lowest BCUT2D eigenvalue weighted by molar-refractivity contribution is -0.274. The van der Waals surface area contributed by atoms with E-state index in [-0.39, 0.29) is 36.6 Å². The predicted molar refractivity (Wildman–Crippen MR) is 111 cm³/mol. The van der Waals surface area contributed by atoms with Crippen molar-refractivity contribution in [2.75, 3.05) is 7.05 Å². The molecule has 0 aliphatic heterocycles. The number of amides is 2. The fourth-order valence-corrected chi connectivity index (χ4v) is 3.52. The van der Waals surface area contributed by atoms with E-state index in [9.17, 15) is 27.2 Å². The van der Waals surface area contributed by atoms with Gasteiger partial charge in [0.2, 0.25) is 5.01 Å². The van der Waals surface area contributed by atoms with Crippen LogP contribution < -0.4 is 15.4 Å². The maximum atomic E-state index is 14.3. The summed E-state index contributed by atoms with van der Waals surface area (Å²) in [6.45, 7) is -0.154. The number of ether oxygens (including phenoxy) is 1. The van der Waals surface area contributed by atoms with E-state index in [2.05, 4.69) is 35.9 Å². The molecule has 2 N–H and O–H groups in total. The SMILES string of the molecule is CNC(=O)c1cn(CC(F)CCc2nnc(C(=O)NCc3cccc(OC(F)(F)F)c3)s2)nn1. The van der Waals surface area contributed by atoms with Gasteiger partial charge in [-0.25, -0.2) is 9.07 Å². The topological polar surface area (TPSA) is 124 Å². The van der Waals surface area contributed by atoms with E-state index in [4.69, 9.17) is 0 Å². The fraction of sp³-hybridized carbons (Fsp3) is 0.368. The highest BCUT2D eigenvalue weighted by atomic mass is 32.1. The number of nitrogens with zero attached hydrogens (tertiary/aromatic N) is 5. The molecule has 0 spiro atoms. The second-order valence-electron chi connectivity index (χ2n) is 6.92. The van der Waals surface area contributed by atoms with Crippen molar-refractivity contribution < 1.29 is 31.9 Å². The Balaban J connectivity index is 1.46. The van der Waals surface area contributed by atoms with Gasteiger partial charge in [0.05, 0.1) is 12.7 Å². The lowest BCUT2D eigenvalue weighted by Gasteiger charge is -2.10. The number of hydrogen-bond donors (Lipinski definition) is 2. The van der Waals surface area contributed by atoms with Crippen molar-refractivity contribution in [2.45, 2.75) is 38.5 Å². The van der Waals surface area contributed by atoms with E-state index in [0.29, 0.717) is 10.6 Å². The van der Waals surface area contributed by atoms with Crippen molar-refractivity contribution in [2.24, 2.45) is 0 Å². The van der Waals surface area contributed by atoms with E-state index in [1.165, 1.54) is 30.1 Å². The van der Waals surface area contributed by atoms with Gasteiger partial charge in [0.15, 0.2) is 5.69 Å². The molecule has 0 bridgehead atoms. The molecule has 1 unspecified atom stereocenters. The van der Waals surface area contributed by atoms with Crippen LogP contribution in [0.4, 0.5) is 17.6 Å². The molecule has 182 valence electrons. The minimum absolute atomic E-state index is 0.0413. The number of hydrogen-bond acceptors (Lipinski definition) is 8. The second kappa shape index (κ2) is 11.0. The Morgan fingerprint density at radius 1 is 1.21 bits per heavy atom. The summed E-state index contributed by atoms with van der Waals surface area (Å²) in [7, 11) is 1.45. The van der Waals surface area contributed by atoms with Crippen molar-refractivity contribution in [3.8, 4) is 5.75 Å². The smallest absolute Gasteiger partial charge is 0.406 e. The molecule has 1 aromatic carbocycles. The first-order valence-corrected chi connectivity index (χ1v) is 10.7. The molecule has 0 fully saturated rings. The highest BCUT2D eigenvalue weighted by Crippen LogP contribution is 2.23. The summed E-state index contributed by atoms with van der Waals surface area (Å²) >= 11 is 0.984. The molecule has 0 aliphatic carbocycles. The Morgan fingerprint density at radius 2 is 2.00 bits per heavy atom. The average molecular weight is 501 g/mol. The predicted octanol–water partition coefficient (Wildman–Crippen LogP) is 2.29. The number of aryl methyl sites for hydroxylation is 1. The molecule has 0 saturated carbocycles. The number of alkyl halides is 4. The van der Waals surface area contributed by atoms with Crippen molar-refractivity contribution in [1.82, 2.24) is 35.8 Å². The van der Waals surface area contributed by atoms with Gasteiger partial charge in [0.25, 0.3) is 11.8 Å². The maximum Gasteiger partial charge on any atom is 0.573 e. The van der Waals surface area contributed by atoms with Crippen LogP contribution in [0, 0.1) is 0 Å². The van der Waals surface area contributed by atoms with Gasteiger partial charge in [-0.1, -0.05) is 28.7 Å². The van der Waals surface area contributed by atoms with Crippen LogP contribution in [0.3, 0.4) is 0 Å². The average Bonchev–Trinajstić information content (AvgIpc) is 3.44. The Hall–Kier alpha value is -3.62. The van der Waals surface area contributed by atoms with E-state index in [0.717, 1.165) is 23.5 Å². The summed E-state index contributed by atoms with van der Waals surface area (Å²) in [4.78, 5) is 23.7. The summed E-state index contributed by atoms with van der Waals surface area (Å²) in [5.74, 6) is -1.38. The van der Waals surface area contributed by atoms with Gasteiger partial charge in [-0.3, -0.25) is 9.59 Å². The van der Waals surface area contributed by atoms with Crippen LogP contribution in [0.1, 0.15) is 37.3 Å². The standard InChI is InChI=1S/C19H19F4N7O3S/c1-24-16(31)14-10-30(29-26-14)9-12(20)5-6-15-27-28-18(34-15)17(32)25-8-11-3-2-4-13(7-11)33-19(21,22)23/h2-4,7,10,12H,5-6,8-9H2,1H3,(H,24,31)(H,25,32). The van der Waals surface area contributed by atoms with Crippen molar-refractivity contribution in [1.29, 1.82) is 0 Å². The third kappa shape index (κ3) is 7.47. The zero-order valence-electron chi connectivity index (χ0n) is 17.7. The Labute approximate surface area is 194 Å². The zero-order chi connectivity index (χ0) is 24.7. The van der Waals surface area contributed by atoms with Crippen LogP contribution in [0.15, 0.2) is 30.5 Å².